The second-order valence-corrected chi connectivity index (χ2v) is 6.51. The van der Waals surface area contributed by atoms with Crippen LogP contribution in [0.15, 0.2) is 0 Å². The Morgan fingerprint density at radius 2 is 1.79 bits per heavy atom. The molecule has 1 N–H and O–H groups in total. The molecule has 19 heavy (non-hydrogen) atoms. The molecule has 4 heteroatoms. The quantitative estimate of drug-likeness (QED) is 0.688. The first-order valence-electron chi connectivity index (χ1n) is 7.18. The van der Waals surface area contributed by atoms with Crippen molar-refractivity contribution in [3.63, 3.8) is 0 Å². The molecular formula is C15H32N2O2. The summed E-state index contributed by atoms with van der Waals surface area (Å²) in [5.74, 6) is 0.431. The van der Waals surface area contributed by atoms with Gasteiger partial charge in [0.2, 0.25) is 0 Å². The van der Waals surface area contributed by atoms with Gasteiger partial charge in [-0.3, -0.25) is 10.1 Å². The largest absolute Gasteiger partial charge is 0.468 e. The van der Waals surface area contributed by atoms with Crippen molar-refractivity contribution in [3.8, 4) is 0 Å². The highest BCUT2D eigenvalue weighted by atomic mass is 16.5. The summed E-state index contributed by atoms with van der Waals surface area (Å²) in [6, 6.07) is 0.560. The summed E-state index contributed by atoms with van der Waals surface area (Å²) in [4.78, 5) is 14.3. The molecule has 0 aromatic heterocycles. The molecule has 0 spiro atoms. The van der Waals surface area contributed by atoms with E-state index in [0.717, 1.165) is 13.0 Å². The Morgan fingerprint density at radius 1 is 1.26 bits per heavy atom. The van der Waals surface area contributed by atoms with Crippen LogP contribution in [0, 0.1) is 5.92 Å². The normalized spacial score (nSPS) is 16.8. The summed E-state index contributed by atoms with van der Waals surface area (Å²) in [7, 11) is 3.56. The molecule has 0 amide bonds. The van der Waals surface area contributed by atoms with Crippen LogP contribution >= 0.6 is 0 Å². The first-order valence-corrected chi connectivity index (χ1v) is 7.18. The van der Waals surface area contributed by atoms with Crippen LogP contribution < -0.4 is 5.32 Å². The second-order valence-electron chi connectivity index (χ2n) is 6.51. The zero-order valence-electron chi connectivity index (χ0n) is 13.9. The third-order valence-corrected chi connectivity index (χ3v) is 3.35. The Balaban J connectivity index is 4.77. The molecule has 0 fully saturated rings. The van der Waals surface area contributed by atoms with Crippen LogP contribution in [-0.4, -0.2) is 49.2 Å². The van der Waals surface area contributed by atoms with Gasteiger partial charge >= 0.3 is 5.97 Å². The van der Waals surface area contributed by atoms with Gasteiger partial charge in [-0.25, -0.2) is 0 Å². The zero-order valence-corrected chi connectivity index (χ0v) is 13.9. The minimum atomic E-state index is -0.631. The molecule has 0 aliphatic carbocycles. The molecule has 0 aliphatic rings. The first-order chi connectivity index (χ1) is 8.62. The lowest BCUT2D eigenvalue weighted by molar-refractivity contribution is -0.149. The van der Waals surface area contributed by atoms with Crippen molar-refractivity contribution in [2.45, 2.75) is 65.6 Å². The standard InChI is InChI=1S/C15H32N2O2/c1-11(2)10-17(7)13(5)9-15(6,14(18)19-8)16-12(3)4/h11-13,16H,9-10H2,1-8H3. The highest BCUT2D eigenvalue weighted by Crippen LogP contribution is 2.19. The third kappa shape index (κ3) is 6.39. The topological polar surface area (TPSA) is 41.6 Å². The van der Waals surface area contributed by atoms with Gasteiger partial charge in [0.05, 0.1) is 7.11 Å². The number of hydrogen-bond donors (Lipinski definition) is 1. The second kappa shape index (κ2) is 7.85. The lowest BCUT2D eigenvalue weighted by atomic mass is 9.91. The highest BCUT2D eigenvalue weighted by Gasteiger charge is 2.37. The Bertz CT molecular complexity index is 279. The summed E-state index contributed by atoms with van der Waals surface area (Å²) in [6.45, 7) is 13.6. The lowest BCUT2D eigenvalue weighted by Gasteiger charge is -2.36. The van der Waals surface area contributed by atoms with Crippen molar-refractivity contribution in [1.82, 2.24) is 10.2 Å². The van der Waals surface area contributed by atoms with Crippen molar-refractivity contribution in [1.29, 1.82) is 0 Å². The summed E-state index contributed by atoms with van der Waals surface area (Å²) >= 11 is 0. The summed E-state index contributed by atoms with van der Waals surface area (Å²) in [5, 5.41) is 3.34. The van der Waals surface area contributed by atoms with Gasteiger partial charge in [-0.1, -0.05) is 13.8 Å². The number of nitrogens with one attached hydrogen (secondary N) is 1. The summed E-state index contributed by atoms with van der Waals surface area (Å²) in [6.07, 6.45) is 0.737. The molecule has 0 bridgehead atoms. The molecular weight excluding hydrogens is 240 g/mol. The zero-order chi connectivity index (χ0) is 15.2. The van der Waals surface area contributed by atoms with Gasteiger partial charge in [-0.2, -0.15) is 0 Å². The molecule has 0 saturated carbocycles. The Labute approximate surface area is 118 Å². The van der Waals surface area contributed by atoms with Crippen LogP contribution in [0.2, 0.25) is 0 Å². The van der Waals surface area contributed by atoms with E-state index in [1.54, 1.807) is 0 Å². The molecule has 0 aliphatic heterocycles. The van der Waals surface area contributed by atoms with E-state index in [-0.39, 0.29) is 12.0 Å². The maximum absolute atomic E-state index is 12.0. The van der Waals surface area contributed by atoms with E-state index in [1.165, 1.54) is 7.11 Å². The smallest absolute Gasteiger partial charge is 0.325 e. The van der Waals surface area contributed by atoms with Gasteiger partial charge in [0, 0.05) is 18.6 Å². The van der Waals surface area contributed by atoms with Crippen molar-refractivity contribution >= 4 is 5.97 Å². The average Bonchev–Trinajstić information content (AvgIpc) is 2.25. The molecule has 0 aromatic carbocycles. The molecule has 0 aromatic rings. The maximum atomic E-state index is 12.0. The SMILES string of the molecule is COC(=O)C(C)(CC(C)N(C)CC(C)C)NC(C)C. The average molecular weight is 272 g/mol. The van der Waals surface area contributed by atoms with Crippen molar-refractivity contribution < 1.29 is 9.53 Å². The van der Waals surface area contributed by atoms with E-state index in [2.05, 4.69) is 38.0 Å². The fraction of sp³-hybridized carbons (Fsp3) is 0.933. The number of esters is 1. The predicted octanol–water partition coefficient (Wildman–Crippen LogP) is 2.28. The molecule has 0 rings (SSSR count). The van der Waals surface area contributed by atoms with Crippen molar-refractivity contribution in [2.75, 3.05) is 20.7 Å². The molecule has 2 unspecified atom stereocenters. The van der Waals surface area contributed by atoms with Gasteiger partial charge in [-0.05, 0) is 47.1 Å². The van der Waals surface area contributed by atoms with Gasteiger partial charge < -0.3 is 9.64 Å². The fourth-order valence-corrected chi connectivity index (χ4v) is 2.57. The van der Waals surface area contributed by atoms with Crippen LogP contribution in [0.1, 0.15) is 48.0 Å². The maximum Gasteiger partial charge on any atom is 0.325 e. The summed E-state index contributed by atoms with van der Waals surface area (Å²) < 4.78 is 4.96. The Morgan fingerprint density at radius 3 is 2.16 bits per heavy atom. The Hall–Kier alpha value is -0.610. The number of rotatable bonds is 8. The third-order valence-electron chi connectivity index (χ3n) is 3.35. The first kappa shape index (κ1) is 18.4. The van der Waals surface area contributed by atoms with Crippen LogP contribution in [0.3, 0.4) is 0 Å². The highest BCUT2D eigenvalue weighted by molar-refractivity contribution is 5.80. The number of hydrogen-bond acceptors (Lipinski definition) is 4. The van der Waals surface area contributed by atoms with E-state index in [0.29, 0.717) is 12.0 Å². The van der Waals surface area contributed by atoms with Crippen molar-refractivity contribution in [2.24, 2.45) is 5.92 Å². The van der Waals surface area contributed by atoms with Gasteiger partial charge in [-0.15, -0.1) is 0 Å². The number of methoxy groups -OCH3 is 1. The molecule has 114 valence electrons. The van der Waals surface area contributed by atoms with Crippen LogP contribution in [0.25, 0.3) is 0 Å². The minimum absolute atomic E-state index is 0.189. The number of ether oxygens (including phenoxy) is 1. The summed E-state index contributed by atoms with van der Waals surface area (Å²) in [5.41, 5.74) is -0.631. The molecule has 2 atom stereocenters. The van der Waals surface area contributed by atoms with Crippen LogP contribution in [0.5, 0.6) is 0 Å². The number of carbonyl (C=O) groups excluding carboxylic acids is 1. The van der Waals surface area contributed by atoms with E-state index in [9.17, 15) is 4.79 Å². The molecule has 0 saturated heterocycles. The monoisotopic (exact) mass is 272 g/mol. The van der Waals surface area contributed by atoms with Gasteiger partial charge in [0.25, 0.3) is 0 Å². The predicted molar refractivity (Wildman–Crippen MR) is 80.2 cm³/mol. The van der Waals surface area contributed by atoms with Crippen LogP contribution in [-0.2, 0) is 9.53 Å². The lowest BCUT2D eigenvalue weighted by Crippen LogP contribution is -2.56. The number of carbonyl (C=O) groups is 1. The van der Waals surface area contributed by atoms with E-state index >= 15 is 0 Å². The van der Waals surface area contributed by atoms with E-state index < -0.39 is 5.54 Å². The van der Waals surface area contributed by atoms with Gasteiger partial charge in [0.1, 0.15) is 5.54 Å². The molecule has 0 heterocycles. The van der Waals surface area contributed by atoms with Crippen molar-refractivity contribution in [3.05, 3.63) is 0 Å². The van der Waals surface area contributed by atoms with Crippen LogP contribution in [0.4, 0.5) is 0 Å². The Kier molecular flexibility index (Phi) is 7.60. The molecule has 0 radical (unpaired) electrons. The number of nitrogens with zero attached hydrogens (tertiary/aromatic N) is 1. The van der Waals surface area contributed by atoms with E-state index in [1.807, 2.05) is 20.8 Å². The fourth-order valence-electron chi connectivity index (χ4n) is 2.57. The molecule has 4 nitrogen and oxygen atoms in total. The van der Waals surface area contributed by atoms with Gasteiger partial charge in [0.15, 0.2) is 0 Å². The minimum Gasteiger partial charge on any atom is -0.468 e. The van der Waals surface area contributed by atoms with E-state index in [4.69, 9.17) is 4.74 Å².